The summed E-state index contributed by atoms with van der Waals surface area (Å²) < 4.78 is 1.16. The summed E-state index contributed by atoms with van der Waals surface area (Å²) in [6.07, 6.45) is 0. The van der Waals surface area contributed by atoms with E-state index >= 15 is 0 Å². The van der Waals surface area contributed by atoms with E-state index in [2.05, 4.69) is 32.6 Å². The largest absolute Gasteiger partial charge is 0.383 e. The molecule has 1 aromatic heterocycles. The molecule has 0 saturated heterocycles. The van der Waals surface area contributed by atoms with Crippen LogP contribution in [0.3, 0.4) is 0 Å². The number of fused-ring (bicyclic) bond motifs is 1. The Morgan fingerprint density at radius 2 is 2.08 bits per heavy atom. The molecule has 0 radical (unpaired) electrons. The van der Waals surface area contributed by atoms with Crippen molar-refractivity contribution >= 4 is 39.3 Å². The smallest absolute Gasteiger partial charge is 0.135 e. The van der Waals surface area contributed by atoms with Gasteiger partial charge in [-0.1, -0.05) is 0 Å². The summed E-state index contributed by atoms with van der Waals surface area (Å²) in [7, 11) is 0. The third kappa shape index (κ3) is 1.58. The molecule has 0 unspecified atom stereocenters. The summed E-state index contributed by atoms with van der Waals surface area (Å²) in [4.78, 5) is 8.40. The summed E-state index contributed by atoms with van der Waals surface area (Å²) in [6, 6.07) is 5.95. The van der Waals surface area contributed by atoms with Crippen LogP contribution < -0.4 is 5.73 Å². The number of anilines is 1. The molecule has 0 aliphatic carbocycles. The topological polar surface area (TPSA) is 51.8 Å². The summed E-state index contributed by atoms with van der Waals surface area (Å²) in [5.41, 5.74) is 6.67. The minimum absolute atomic E-state index is 0.555. The van der Waals surface area contributed by atoms with Crippen LogP contribution in [0.1, 0.15) is 5.82 Å². The van der Waals surface area contributed by atoms with Gasteiger partial charge in [-0.15, -0.1) is 0 Å². The Kier molecular flexibility index (Phi) is 2.07. The van der Waals surface area contributed by atoms with Crippen molar-refractivity contribution in [3.8, 4) is 0 Å². The second kappa shape index (κ2) is 3.10. The fraction of sp³-hybridized carbons (Fsp3) is 0.111. The van der Waals surface area contributed by atoms with Crippen LogP contribution in [0.5, 0.6) is 0 Å². The van der Waals surface area contributed by atoms with Crippen molar-refractivity contribution in [2.24, 2.45) is 0 Å². The van der Waals surface area contributed by atoms with Gasteiger partial charge >= 0.3 is 0 Å². The number of benzene rings is 1. The first kappa shape index (κ1) is 8.68. The van der Waals surface area contributed by atoms with Gasteiger partial charge in [-0.3, -0.25) is 0 Å². The molecular weight excluding hydrogens is 277 g/mol. The second-order valence-electron chi connectivity index (χ2n) is 2.82. The molecule has 0 atom stereocenters. The quantitative estimate of drug-likeness (QED) is 0.754. The number of hydrogen-bond acceptors (Lipinski definition) is 3. The van der Waals surface area contributed by atoms with Crippen LogP contribution in [0.15, 0.2) is 18.2 Å². The Morgan fingerprint density at radius 1 is 1.31 bits per heavy atom. The Labute approximate surface area is 89.5 Å². The SMILES string of the molecule is Cc1nc(N)c2ccc(I)cc2n1. The molecule has 1 aromatic carbocycles. The second-order valence-corrected chi connectivity index (χ2v) is 4.06. The standard InChI is InChI=1S/C9H8IN3/c1-5-12-8-4-6(10)2-3-7(8)9(11)13-5/h2-4H,1H3,(H2,11,12,13). The van der Waals surface area contributed by atoms with E-state index in [0.29, 0.717) is 11.6 Å². The fourth-order valence-corrected chi connectivity index (χ4v) is 1.72. The zero-order chi connectivity index (χ0) is 9.42. The molecule has 0 aliphatic heterocycles. The normalized spacial score (nSPS) is 10.6. The van der Waals surface area contributed by atoms with Crippen LogP contribution in [0.2, 0.25) is 0 Å². The molecule has 0 aliphatic rings. The highest BCUT2D eigenvalue weighted by molar-refractivity contribution is 14.1. The van der Waals surface area contributed by atoms with Crippen molar-refractivity contribution in [1.82, 2.24) is 9.97 Å². The number of aromatic nitrogens is 2. The molecule has 4 heteroatoms. The van der Waals surface area contributed by atoms with Crippen LogP contribution in [-0.4, -0.2) is 9.97 Å². The van der Waals surface area contributed by atoms with Gasteiger partial charge in [0.2, 0.25) is 0 Å². The molecule has 13 heavy (non-hydrogen) atoms. The molecular formula is C9H8IN3. The monoisotopic (exact) mass is 285 g/mol. The van der Waals surface area contributed by atoms with Crippen LogP contribution >= 0.6 is 22.6 Å². The minimum Gasteiger partial charge on any atom is -0.383 e. The van der Waals surface area contributed by atoms with E-state index in [-0.39, 0.29) is 0 Å². The average molecular weight is 285 g/mol. The first-order valence-corrected chi connectivity index (χ1v) is 4.94. The van der Waals surface area contributed by atoms with E-state index in [9.17, 15) is 0 Å². The molecule has 0 spiro atoms. The summed E-state index contributed by atoms with van der Waals surface area (Å²) in [5.74, 6) is 1.27. The van der Waals surface area contributed by atoms with Crippen LogP contribution in [0, 0.1) is 10.5 Å². The van der Waals surface area contributed by atoms with Gasteiger partial charge in [0.25, 0.3) is 0 Å². The fourth-order valence-electron chi connectivity index (χ4n) is 1.25. The van der Waals surface area contributed by atoms with E-state index in [4.69, 9.17) is 5.73 Å². The Hall–Kier alpha value is -0.910. The Balaban J connectivity index is 2.86. The highest BCUT2D eigenvalue weighted by atomic mass is 127. The number of nitrogens with zero attached hydrogens (tertiary/aromatic N) is 2. The first-order chi connectivity index (χ1) is 6.16. The lowest BCUT2D eigenvalue weighted by molar-refractivity contribution is 1.10. The third-order valence-corrected chi connectivity index (χ3v) is 2.47. The molecule has 0 fully saturated rings. The molecule has 2 aromatic rings. The molecule has 0 saturated carbocycles. The van der Waals surface area contributed by atoms with Gasteiger partial charge in [0, 0.05) is 8.96 Å². The van der Waals surface area contributed by atoms with Gasteiger partial charge in [0.1, 0.15) is 11.6 Å². The van der Waals surface area contributed by atoms with Crippen molar-refractivity contribution in [2.75, 3.05) is 5.73 Å². The number of nitrogens with two attached hydrogens (primary N) is 1. The number of hydrogen-bond donors (Lipinski definition) is 1. The van der Waals surface area contributed by atoms with Crippen molar-refractivity contribution in [3.63, 3.8) is 0 Å². The van der Waals surface area contributed by atoms with E-state index in [1.807, 2.05) is 25.1 Å². The molecule has 0 amide bonds. The molecule has 66 valence electrons. The van der Waals surface area contributed by atoms with Gasteiger partial charge in [0.15, 0.2) is 0 Å². The minimum atomic E-state index is 0.555. The number of halogens is 1. The molecule has 1 heterocycles. The lowest BCUT2D eigenvalue weighted by Gasteiger charge is -2.02. The first-order valence-electron chi connectivity index (χ1n) is 3.86. The zero-order valence-corrected chi connectivity index (χ0v) is 9.24. The molecule has 2 N–H and O–H groups in total. The summed E-state index contributed by atoms with van der Waals surface area (Å²) in [6.45, 7) is 1.84. The summed E-state index contributed by atoms with van der Waals surface area (Å²) in [5, 5.41) is 0.922. The predicted octanol–water partition coefficient (Wildman–Crippen LogP) is 2.13. The van der Waals surface area contributed by atoms with Crippen molar-refractivity contribution in [3.05, 3.63) is 27.6 Å². The van der Waals surface area contributed by atoms with Gasteiger partial charge in [-0.2, -0.15) is 0 Å². The maximum atomic E-state index is 5.75. The van der Waals surface area contributed by atoms with Crippen molar-refractivity contribution in [2.45, 2.75) is 6.92 Å². The van der Waals surface area contributed by atoms with Gasteiger partial charge in [0.05, 0.1) is 5.52 Å². The predicted molar refractivity (Wildman–Crippen MR) is 61.4 cm³/mol. The average Bonchev–Trinajstić information content (AvgIpc) is 2.02. The lowest BCUT2D eigenvalue weighted by Crippen LogP contribution is -1.97. The zero-order valence-electron chi connectivity index (χ0n) is 7.08. The van der Waals surface area contributed by atoms with E-state index in [1.54, 1.807) is 0 Å². The van der Waals surface area contributed by atoms with Crippen molar-refractivity contribution < 1.29 is 0 Å². The van der Waals surface area contributed by atoms with Crippen LogP contribution in [0.4, 0.5) is 5.82 Å². The van der Waals surface area contributed by atoms with Gasteiger partial charge in [-0.25, -0.2) is 9.97 Å². The van der Waals surface area contributed by atoms with Gasteiger partial charge in [-0.05, 0) is 47.7 Å². The number of aryl methyl sites for hydroxylation is 1. The highest BCUT2D eigenvalue weighted by Crippen LogP contribution is 2.19. The number of rotatable bonds is 0. The van der Waals surface area contributed by atoms with Crippen LogP contribution in [-0.2, 0) is 0 Å². The van der Waals surface area contributed by atoms with E-state index in [0.717, 1.165) is 14.5 Å². The lowest BCUT2D eigenvalue weighted by atomic mass is 10.2. The third-order valence-electron chi connectivity index (χ3n) is 1.80. The molecule has 3 nitrogen and oxygen atoms in total. The van der Waals surface area contributed by atoms with Crippen molar-refractivity contribution in [1.29, 1.82) is 0 Å². The molecule has 2 rings (SSSR count). The van der Waals surface area contributed by atoms with Crippen LogP contribution in [0.25, 0.3) is 10.9 Å². The van der Waals surface area contributed by atoms with E-state index in [1.165, 1.54) is 0 Å². The van der Waals surface area contributed by atoms with Gasteiger partial charge < -0.3 is 5.73 Å². The Bertz CT molecular complexity index is 462. The molecule has 0 bridgehead atoms. The maximum Gasteiger partial charge on any atom is 0.135 e. The Morgan fingerprint density at radius 3 is 2.85 bits per heavy atom. The van der Waals surface area contributed by atoms with E-state index < -0.39 is 0 Å². The highest BCUT2D eigenvalue weighted by Gasteiger charge is 2.01. The summed E-state index contributed by atoms with van der Waals surface area (Å²) >= 11 is 2.25. The maximum absolute atomic E-state index is 5.75. The number of nitrogen functional groups attached to an aromatic ring is 1.